The van der Waals surface area contributed by atoms with Gasteiger partial charge in [-0.15, -0.1) is 11.6 Å². The summed E-state index contributed by atoms with van der Waals surface area (Å²) >= 11 is 5.78. The van der Waals surface area contributed by atoms with E-state index in [-0.39, 0.29) is 11.7 Å². The van der Waals surface area contributed by atoms with Crippen molar-refractivity contribution < 1.29 is 22.4 Å². The first kappa shape index (κ1) is 17.0. The van der Waals surface area contributed by atoms with Crippen LogP contribution in [0.15, 0.2) is 21.6 Å². The van der Waals surface area contributed by atoms with Crippen LogP contribution in [0.5, 0.6) is 0 Å². The topological polar surface area (TPSA) is 85.6 Å². The third kappa shape index (κ3) is 3.97. The zero-order valence-corrected chi connectivity index (χ0v) is 13.1. The fourth-order valence-electron chi connectivity index (χ4n) is 1.54. The summed E-state index contributed by atoms with van der Waals surface area (Å²) in [4.78, 5) is 11.2. The molecule has 2 rings (SSSR count). The molecule has 0 saturated carbocycles. The molecule has 2 unspecified atom stereocenters. The SMILES string of the molecule is CC.CC(Cl)c1ccc(S(=O)(=O)NC2CCOC2=O)o1. The number of furan rings is 1. The molecular formula is C12H18ClNO5S. The summed E-state index contributed by atoms with van der Waals surface area (Å²) in [6, 6.07) is 1.94. The van der Waals surface area contributed by atoms with Crippen molar-refractivity contribution in [1.29, 1.82) is 0 Å². The van der Waals surface area contributed by atoms with Gasteiger partial charge in [0.05, 0.1) is 12.0 Å². The summed E-state index contributed by atoms with van der Waals surface area (Å²) in [5.41, 5.74) is 0. The maximum absolute atomic E-state index is 11.9. The zero-order chi connectivity index (χ0) is 15.3. The molecule has 1 aromatic rings. The molecule has 6 nitrogen and oxygen atoms in total. The Bertz CT molecular complexity index is 552. The van der Waals surface area contributed by atoms with E-state index in [9.17, 15) is 13.2 Å². The first-order valence-corrected chi connectivity index (χ1v) is 8.25. The van der Waals surface area contributed by atoms with Gasteiger partial charge in [-0.25, -0.2) is 8.42 Å². The summed E-state index contributed by atoms with van der Waals surface area (Å²) in [5, 5.41) is -0.685. The van der Waals surface area contributed by atoms with E-state index in [1.54, 1.807) is 6.92 Å². The van der Waals surface area contributed by atoms with E-state index in [0.717, 1.165) is 0 Å². The number of cyclic esters (lactones) is 1. The van der Waals surface area contributed by atoms with Crippen LogP contribution >= 0.6 is 11.6 Å². The van der Waals surface area contributed by atoms with E-state index < -0.39 is 27.4 Å². The number of hydrogen-bond donors (Lipinski definition) is 1. The molecule has 0 aromatic carbocycles. The normalized spacial score (nSPS) is 20.0. The summed E-state index contributed by atoms with van der Waals surface area (Å²) in [7, 11) is -3.87. The van der Waals surface area contributed by atoms with Gasteiger partial charge in [0.1, 0.15) is 11.8 Å². The molecule has 1 aliphatic heterocycles. The lowest BCUT2D eigenvalue weighted by molar-refractivity contribution is -0.139. The van der Waals surface area contributed by atoms with Crippen LogP contribution in [0.1, 0.15) is 38.3 Å². The first-order valence-electron chi connectivity index (χ1n) is 6.33. The lowest BCUT2D eigenvalue weighted by atomic mass is 10.3. The third-order valence-corrected chi connectivity index (χ3v) is 4.05. The molecule has 0 radical (unpaired) electrons. The Hall–Kier alpha value is -1.05. The highest BCUT2D eigenvalue weighted by molar-refractivity contribution is 7.89. The smallest absolute Gasteiger partial charge is 0.324 e. The van der Waals surface area contributed by atoms with E-state index in [0.29, 0.717) is 12.2 Å². The minimum absolute atomic E-state index is 0.216. The highest BCUT2D eigenvalue weighted by Gasteiger charge is 2.32. The average molecular weight is 324 g/mol. The van der Waals surface area contributed by atoms with Crippen LogP contribution in [0, 0.1) is 0 Å². The quantitative estimate of drug-likeness (QED) is 0.678. The predicted molar refractivity (Wildman–Crippen MR) is 74.0 cm³/mol. The minimum Gasteiger partial charge on any atom is -0.464 e. The molecule has 2 heterocycles. The fraction of sp³-hybridized carbons (Fsp3) is 0.583. The van der Waals surface area contributed by atoms with E-state index in [2.05, 4.69) is 9.46 Å². The Labute approximate surface area is 123 Å². The fourth-order valence-corrected chi connectivity index (χ4v) is 2.82. The molecule has 8 heteroatoms. The van der Waals surface area contributed by atoms with Crippen LogP contribution in [0.25, 0.3) is 0 Å². The largest absolute Gasteiger partial charge is 0.464 e. The number of ether oxygens (including phenoxy) is 1. The van der Waals surface area contributed by atoms with Gasteiger partial charge in [0, 0.05) is 6.42 Å². The standard InChI is InChI=1S/C10H12ClNO5S.C2H6/c1-6(11)8-2-3-9(17-8)18(14,15)12-7-4-5-16-10(7)13;1-2/h2-3,6-7,12H,4-5H2,1H3;1-2H3. The number of rotatable bonds is 4. The molecule has 0 spiro atoms. The predicted octanol–water partition coefficient (Wildman–Crippen LogP) is 2.20. The number of carbonyl (C=O) groups excluding carboxylic acids is 1. The first-order chi connectivity index (χ1) is 9.40. The maximum atomic E-state index is 11.9. The highest BCUT2D eigenvalue weighted by Crippen LogP contribution is 2.24. The monoisotopic (exact) mass is 323 g/mol. The third-order valence-electron chi connectivity index (χ3n) is 2.49. The van der Waals surface area contributed by atoms with Crippen LogP contribution in [0.3, 0.4) is 0 Å². The zero-order valence-electron chi connectivity index (χ0n) is 11.6. The minimum atomic E-state index is -3.87. The summed E-state index contributed by atoms with van der Waals surface area (Å²) in [5.74, 6) is -0.220. The van der Waals surface area contributed by atoms with Crippen molar-refractivity contribution in [1.82, 2.24) is 4.72 Å². The molecule has 0 aliphatic carbocycles. The molecule has 1 saturated heterocycles. The van der Waals surface area contributed by atoms with Crippen molar-refractivity contribution in [2.24, 2.45) is 0 Å². The van der Waals surface area contributed by atoms with E-state index in [4.69, 9.17) is 16.0 Å². The van der Waals surface area contributed by atoms with Gasteiger partial charge < -0.3 is 9.15 Å². The molecule has 0 bridgehead atoms. The molecule has 114 valence electrons. The van der Waals surface area contributed by atoms with Crippen LogP contribution in [-0.4, -0.2) is 27.0 Å². The Morgan fingerprint density at radius 1 is 1.40 bits per heavy atom. The Kier molecular flexibility index (Phi) is 6.04. The molecule has 20 heavy (non-hydrogen) atoms. The van der Waals surface area contributed by atoms with Crippen LogP contribution in [0.4, 0.5) is 0 Å². The second-order valence-electron chi connectivity index (χ2n) is 3.90. The van der Waals surface area contributed by atoms with Gasteiger partial charge in [0.2, 0.25) is 5.09 Å². The van der Waals surface area contributed by atoms with E-state index in [1.807, 2.05) is 13.8 Å². The van der Waals surface area contributed by atoms with Crippen molar-refractivity contribution in [2.45, 2.75) is 43.7 Å². The van der Waals surface area contributed by atoms with Gasteiger partial charge in [-0.1, -0.05) is 13.8 Å². The second-order valence-corrected chi connectivity index (χ2v) is 6.20. The number of alkyl halides is 1. The molecule has 2 atom stereocenters. The Morgan fingerprint density at radius 2 is 2.05 bits per heavy atom. The molecule has 1 aliphatic rings. The lowest BCUT2D eigenvalue weighted by Gasteiger charge is -2.07. The number of esters is 1. The summed E-state index contributed by atoms with van der Waals surface area (Å²) < 4.78 is 35.9. The average Bonchev–Trinajstić information content (AvgIpc) is 3.02. The molecule has 1 N–H and O–H groups in total. The molecular weight excluding hydrogens is 306 g/mol. The van der Waals surface area contributed by atoms with Crippen molar-refractivity contribution >= 4 is 27.6 Å². The van der Waals surface area contributed by atoms with Gasteiger partial charge in [0.15, 0.2) is 0 Å². The molecule has 0 amide bonds. The second kappa shape index (κ2) is 7.10. The number of halogens is 1. The van der Waals surface area contributed by atoms with Crippen molar-refractivity contribution in [3.8, 4) is 0 Å². The molecule has 1 aromatic heterocycles. The number of sulfonamides is 1. The van der Waals surface area contributed by atoms with Gasteiger partial charge in [-0.05, 0) is 19.1 Å². The van der Waals surface area contributed by atoms with Gasteiger partial charge in [-0.3, -0.25) is 4.79 Å². The number of nitrogens with one attached hydrogen (secondary N) is 1. The van der Waals surface area contributed by atoms with Crippen LogP contribution in [-0.2, 0) is 19.6 Å². The summed E-state index contributed by atoms with van der Waals surface area (Å²) in [6.45, 7) is 5.88. The lowest BCUT2D eigenvalue weighted by Crippen LogP contribution is -2.37. The van der Waals surface area contributed by atoms with Gasteiger partial charge in [0.25, 0.3) is 10.0 Å². The highest BCUT2D eigenvalue weighted by atomic mass is 35.5. The Morgan fingerprint density at radius 3 is 2.50 bits per heavy atom. The number of carbonyl (C=O) groups is 1. The van der Waals surface area contributed by atoms with Gasteiger partial charge >= 0.3 is 5.97 Å². The Balaban J connectivity index is 0.000000956. The van der Waals surface area contributed by atoms with E-state index in [1.165, 1.54) is 12.1 Å². The van der Waals surface area contributed by atoms with Gasteiger partial charge in [-0.2, -0.15) is 4.72 Å². The van der Waals surface area contributed by atoms with Crippen LogP contribution in [0.2, 0.25) is 0 Å². The maximum Gasteiger partial charge on any atom is 0.324 e. The summed E-state index contributed by atoms with van der Waals surface area (Å²) in [6.07, 6.45) is 0.317. The molecule has 1 fully saturated rings. The van der Waals surface area contributed by atoms with Crippen molar-refractivity contribution in [2.75, 3.05) is 6.61 Å². The van der Waals surface area contributed by atoms with Crippen molar-refractivity contribution in [3.05, 3.63) is 17.9 Å². The van der Waals surface area contributed by atoms with E-state index >= 15 is 0 Å². The van der Waals surface area contributed by atoms with Crippen molar-refractivity contribution in [3.63, 3.8) is 0 Å². The van der Waals surface area contributed by atoms with Crippen LogP contribution < -0.4 is 4.72 Å². The number of hydrogen-bond acceptors (Lipinski definition) is 5.